The standard InChI is InChI=1S/C34H46ClN9O5/c1-25(21-43-24-36-23-39-43)49-32-18-26(4-9-30(32)35)27-19-37-34(38-20-27)40-31-22-44(41-33(31)48-13-3-12-46-17-16-45-2)29-7-5-28(6-8-29)42-10-14-47-15-11-42/h4,9,18-20,22-25,28-29H,3,5-8,10-17,21H2,1-2H3,(H,37,38,40)/t25-,28?,29?/m0/s1. The predicted molar refractivity (Wildman–Crippen MR) is 185 cm³/mol. The van der Waals surface area contributed by atoms with Gasteiger partial charge in [-0.15, -0.1) is 5.10 Å². The molecule has 1 aliphatic carbocycles. The van der Waals surface area contributed by atoms with E-state index in [9.17, 15) is 0 Å². The molecule has 264 valence electrons. The van der Waals surface area contributed by atoms with E-state index in [0.717, 1.165) is 75.2 Å². The van der Waals surface area contributed by atoms with Crippen LogP contribution in [0, 0.1) is 0 Å². The first-order chi connectivity index (χ1) is 24.1. The molecule has 4 aromatic rings. The van der Waals surface area contributed by atoms with Crippen LogP contribution in [0.5, 0.6) is 11.6 Å². The van der Waals surface area contributed by atoms with Crippen molar-refractivity contribution in [2.75, 3.05) is 65.2 Å². The molecule has 1 saturated carbocycles. The summed E-state index contributed by atoms with van der Waals surface area (Å²) in [5, 5.41) is 12.9. The second-order valence-electron chi connectivity index (χ2n) is 12.4. The Bertz CT molecular complexity index is 1560. The SMILES string of the molecule is COCCOCCCOc1nn(C2CCC(N3CCOCC3)CC2)cc1Nc1ncc(-c2ccc(Cl)c(O[C@@H](C)Cn3cncn3)c2)cn1. The third kappa shape index (κ3) is 9.88. The second kappa shape index (κ2) is 17.7. The number of morpholine rings is 1. The molecular weight excluding hydrogens is 650 g/mol. The van der Waals surface area contributed by atoms with Crippen LogP contribution in [0.4, 0.5) is 11.6 Å². The maximum atomic E-state index is 6.48. The molecule has 0 spiro atoms. The molecule has 1 N–H and O–H groups in total. The van der Waals surface area contributed by atoms with Crippen LogP contribution in [0.15, 0.2) is 49.4 Å². The molecule has 0 amide bonds. The van der Waals surface area contributed by atoms with Gasteiger partial charge in [-0.25, -0.2) is 19.6 Å². The lowest BCUT2D eigenvalue weighted by atomic mass is 9.90. The lowest BCUT2D eigenvalue weighted by molar-refractivity contribution is 0.00502. The number of rotatable bonds is 17. The lowest BCUT2D eigenvalue weighted by Crippen LogP contribution is -2.45. The van der Waals surface area contributed by atoms with Crippen LogP contribution >= 0.6 is 11.6 Å². The third-order valence-electron chi connectivity index (χ3n) is 8.81. The number of benzene rings is 1. The summed E-state index contributed by atoms with van der Waals surface area (Å²) in [4.78, 5) is 15.8. The Hall–Kier alpha value is -3.82. The lowest BCUT2D eigenvalue weighted by Gasteiger charge is -2.38. The molecule has 3 aromatic heterocycles. The summed E-state index contributed by atoms with van der Waals surface area (Å²) in [7, 11) is 1.66. The van der Waals surface area contributed by atoms with E-state index in [4.69, 9.17) is 40.4 Å². The summed E-state index contributed by atoms with van der Waals surface area (Å²) in [6, 6.07) is 6.55. The molecule has 1 saturated heterocycles. The first kappa shape index (κ1) is 35.0. The quantitative estimate of drug-likeness (QED) is 0.148. The topological polar surface area (TPSA) is 136 Å². The molecule has 6 rings (SSSR count). The molecule has 1 aromatic carbocycles. The molecule has 14 nitrogen and oxygen atoms in total. The van der Waals surface area contributed by atoms with Crippen molar-refractivity contribution in [1.29, 1.82) is 0 Å². The number of anilines is 2. The Morgan fingerprint density at radius 2 is 1.80 bits per heavy atom. The van der Waals surface area contributed by atoms with Crippen LogP contribution in [0.3, 0.4) is 0 Å². The van der Waals surface area contributed by atoms with Crippen LogP contribution < -0.4 is 14.8 Å². The zero-order chi connectivity index (χ0) is 33.8. The Labute approximate surface area is 292 Å². The van der Waals surface area contributed by atoms with Crippen molar-refractivity contribution in [1.82, 2.24) is 39.4 Å². The monoisotopic (exact) mass is 695 g/mol. The van der Waals surface area contributed by atoms with E-state index in [0.29, 0.717) is 67.7 Å². The molecule has 15 heteroatoms. The van der Waals surface area contributed by atoms with Crippen molar-refractivity contribution in [2.24, 2.45) is 0 Å². The summed E-state index contributed by atoms with van der Waals surface area (Å²) >= 11 is 6.48. The molecule has 49 heavy (non-hydrogen) atoms. The minimum absolute atomic E-state index is 0.169. The predicted octanol–water partition coefficient (Wildman–Crippen LogP) is 5.04. The smallest absolute Gasteiger partial charge is 0.256 e. The molecular formula is C34H46ClN9O5. The average molecular weight is 696 g/mol. The highest BCUT2D eigenvalue weighted by atomic mass is 35.5. The fourth-order valence-corrected chi connectivity index (χ4v) is 6.40. The van der Waals surface area contributed by atoms with Crippen molar-refractivity contribution in [3.63, 3.8) is 0 Å². The van der Waals surface area contributed by atoms with Crippen LogP contribution in [0.2, 0.25) is 5.02 Å². The summed E-state index contributed by atoms with van der Waals surface area (Å²) in [5.74, 6) is 1.55. The summed E-state index contributed by atoms with van der Waals surface area (Å²) in [5.41, 5.74) is 2.44. The van der Waals surface area contributed by atoms with Gasteiger partial charge in [-0.05, 0) is 50.3 Å². The van der Waals surface area contributed by atoms with Gasteiger partial charge in [0, 0.05) is 57.2 Å². The van der Waals surface area contributed by atoms with Gasteiger partial charge >= 0.3 is 0 Å². The number of halogens is 1. The first-order valence-corrected chi connectivity index (χ1v) is 17.4. The van der Waals surface area contributed by atoms with Gasteiger partial charge in [0.1, 0.15) is 30.2 Å². The molecule has 1 atom stereocenters. The van der Waals surface area contributed by atoms with Gasteiger partial charge in [-0.1, -0.05) is 17.7 Å². The summed E-state index contributed by atoms with van der Waals surface area (Å²) in [6.45, 7) is 8.40. The summed E-state index contributed by atoms with van der Waals surface area (Å²) in [6.07, 6.45) is 13.7. The number of methoxy groups -OCH3 is 1. The maximum Gasteiger partial charge on any atom is 0.256 e. The number of hydrogen-bond acceptors (Lipinski definition) is 12. The van der Waals surface area contributed by atoms with Gasteiger partial charge < -0.3 is 29.0 Å². The number of nitrogens with one attached hydrogen (secondary N) is 1. The van der Waals surface area contributed by atoms with Gasteiger partial charge in [0.05, 0.1) is 56.8 Å². The normalized spacial score (nSPS) is 19.1. The molecule has 0 unspecified atom stereocenters. The van der Waals surface area contributed by atoms with Gasteiger partial charge in [0.15, 0.2) is 0 Å². The van der Waals surface area contributed by atoms with Crippen molar-refractivity contribution < 1.29 is 23.7 Å². The minimum Gasteiger partial charge on any atom is -0.487 e. The minimum atomic E-state index is -0.169. The molecule has 2 aliphatic rings. The van der Waals surface area contributed by atoms with Crippen molar-refractivity contribution in [3.8, 4) is 22.8 Å². The van der Waals surface area contributed by atoms with Crippen LogP contribution in [-0.4, -0.2) is 111 Å². The molecule has 0 bridgehead atoms. The Balaban J connectivity index is 1.10. The first-order valence-electron chi connectivity index (χ1n) is 17.0. The van der Waals surface area contributed by atoms with Crippen molar-refractivity contribution >= 4 is 23.2 Å². The fourth-order valence-electron chi connectivity index (χ4n) is 6.24. The summed E-state index contributed by atoms with van der Waals surface area (Å²) < 4.78 is 32.3. The van der Waals surface area contributed by atoms with E-state index in [2.05, 4.69) is 34.9 Å². The van der Waals surface area contributed by atoms with Crippen molar-refractivity contribution in [3.05, 3.63) is 54.5 Å². The van der Waals surface area contributed by atoms with E-state index >= 15 is 0 Å². The van der Waals surface area contributed by atoms with E-state index in [-0.39, 0.29) is 6.10 Å². The zero-order valence-corrected chi connectivity index (χ0v) is 29.0. The largest absolute Gasteiger partial charge is 0.487 e. The zero-order valence-electron chi connectivity index (χ0n) is 28.2. The van der Waals surface area contributed by atoms with Crippen molar-refractivity contribution in [2.45, 2.75) is 63.8 Å². The number of hydrogen-bond donors (Lipinski definition) is 1. The number of aromatic nitrogens is 7. The number of nitrogens with zero attached hydrogens (tertiary/aromatic N) is 8. The fraction of sp³-hybridized carbons (Fsp3) is 0.559. The van der Waals surface area contributed by atoms with Gasteiger partial charge in [0.2, 0.25) is 5.95 Å². The van der Waals surface area contributed by atoms with E-state index in [1.807, 2.05) is 31.3 Å². The highest BCUT2D eigenvalue weighted by Crippen LogP contribution is 2.35. The second-order valence-corrected chi connectivity index (χ2v) is 12.8. The van der Waals surface area contributed by atoms with Crippen LogP contribution in [-0.2, 0) is 20.8 Å². The number of ether oxygens (including phenoxy) is 5. The molecule has 2 fully saturated rings. The van der Waals surface area contributed by atoms with Gasteiger partial charge in [-0.3, -0.25) is 9.58 Å². The highest BCUT2D eigenvalue weighted by molar-refractivity contribution is 6.32. The van der Waals surface area contributed by atoms with Crippen LogP contribution in [0.25, 0.3) is 11.1 Å². The van der Waals surface area contributed by atoms with E-state index < -0.39 is 0 Å². The molecule has 4 heterocycles. The Morgan fingerprint density at radius 3 is 2.55 bits per heavy atom. The Kier molecular flexibility index (Phi) is 12.7. The Morgan fingerprint density at radius 1 is 1.00 bits per heavy atom. The molecule has 1 aliphatic heterocycles. The third-order valence-corrected chi connectivity index (χ3v) is 9.12. The highest BCUT2D eigenvalue weighted by Gasteiger charge is 2.29. The average Bonchev–Trinajstić information content (AvgIpc) is 3.79. The van der Waals surface area contributed by atoms with Crippen LogP contribution in [0.1, 0.15) is 45.1 Å². The molecule has 0 radical (unpaired) electrons. The van der Waals surface area contributed by atoms with E-state index in [1.54, 1.807) is 30.5 Å². The maximum absolute atomic E-state index is 6.48. The van der Waals surface area contributed by atoms with E-state index in [1.165, 1.54) is 6.33 Å². The van der Waals surface area contributed by atoms with Gasteiger partial charge in [-0.2, -0.15) is 5.10 Å². The van der Waals surface area contributed by atoms with Gasteiger partial charge in [0.25, 0.3) is 5.88 Å².